The summed E-state index contributed by atoms with van der Waals surface area (Å²) in [5.41, 5.74) is 7.27. The first-order chi connectivity index (χ1) is 7.22. The van der Waals surface area contributed by atoms with Gasteiger partial charge in [0.05, 0.1) is 11.9 Å². The molecule has 0 bridgehead atoms. The van der Waals surface area contributed by atoms with Crippen molar-refractivity contribution in [1.82, 2.24) is 15.0 Å². The third-order valence-corrected chi connectivity index (χ3v) is 2.17. The van der Waals surface area contributed by atoms with Crippen LogP contribution in [-0.2, 0) is 6.54 Å². The summed E-state index contributed by atoms with van der Waals surface area (Å²) in [6.45, 7) is 2.12. The zero-order chi connectivity index (χ0) is 10.8. The van der Waals surface area contributed by atoms with Crippen LogP contribution in [0.5, 0.6) is 0 Å². The molecule has 0 fully saturated rings. The molecule has 0 aliphatic heterocycles. The number of nitrogens with two attached hydrogens (primary N) is 1. The Balaban J connectivity index is 2.53. The second-order valence-electron chi connectivity index (χ2n) is 3.26. The highest BCUT2D eigenvalue weighted by atomic mass is 19.1. The lowest BCUT2D eigenvalue weighted by atomic mass is 10.2. The van der Waals surface area contributed by atoms with E-state index < -0.39 is 0 Å². The van der Waals surface area contributed by atoms with E-state index in [0.29, 0.717) is 17.9 Å². The zero-order valence-electron chi connectivity index (χ0n) is 8.31. The van der Waals surface area contributed by atoms with Gasteiger partial charge < -0.3 is 5.73 Å². The molecule has 0 saturated carbocycles. The summed E-state index contributed by atoms with van der Waals surface area (Å²) in [4.78, 5) is 0. The third-order valence-electron chi connectivity index (χ3n) is 2.17. The van der Waals surface area contributed by atoms with Crippen LogP contribution in [-0.4, -0.2) is 15.0 Å². The van der Waals surface area contributed by atoms with E-state index in [9.17, 15) is 4.39 Å². The monoisotopic (exact) mass is 206 g/mol. The highest BCUT2D eigenvalue weighted by molar-refractivity contribution is 5.40. The quantitative estimate of drug-likeness (QED) is 0.802. The number of aromatic nitrogens is 3. The number of halogens is 1. The first kappa shape index (κ1) is 9.79. The number of nitrogens with zero attached hydrogens (tertiary/aromatic N) is 3. The fourth-order valence-corrected chi connectivity index (χ4v) is 1.41. The van der Waals surface area contributed by atoms with Crippen molar-refractivity contribution in [3.8, 4) is 5.69 Å². The molecule has 2 N–H and O–H groups in total. The minimum absolute atomic E-state index is 0.299. The Morgan fingerprint density at radius 1 is 1.47 bits per heavy atom. The van der Waals surface area contributed by atoms with E-state index in [2.05, 4.69) is 10.3 Å². The van der Waals surface area contributed by atoms with Gasteiger partial charge >= 0.3 is 0 Å². The topological polar surface area (TPSA) is 56.7 Å². The summed E-state index contributed by atoms with van der Waals surface area (Å²) in [5, 5.41) is 7.64. The summed E-state index contributed by atoms with van der Waals surface area (Å²) in [6, 6.07) is 4.88. The Kier molecular flexibility index (Phi) is 2.47. The lowest BCUT2D eigenvalue weighted by Crippen LogP contribution is -2.01. The van der Waals surface area contributed by atoms with Gasteiger partial charge in [-0.05, 0) is 18.6 Å². The highest BCUT2D eigenvalue weighted by Crippen LogP contribution is 2.16. The minimum Gasteiger partial charge on any atom is -0.325 e. The molecule has 2 aromatic rings. The molecular formula is C10H11FN4. The van der Waals surface area contributed by atoms with Crippen LogP contribution in [0.4, 0.5) is 4.39 Å². The third kappa shape index (κ3) is 1.73. The summed E-state index contributed by atoms with van der Waals surface area (Å²) < 4.78 is 14.9. The summed E-state index contributed by atoms with van der Waals surface area (Å²) >= 11 is 0. The molecule has 0 saturated heterocycles. The summed E-state index contributed by atoms with van der Waals surface area (Å²) in [5.74, 6) is -0.316. The van der Waals surface area contributed by atoms with Crippen molar-refractivity contribution in [2.45, 2.75) is 13.5 Å². The Hall–Kier alpha value is -1.75. The van der Waals surface area contributed by atoms with Gasteiger partial charge in [0.2, 0.25) is 0 Å². The lowest BCUT2D eigenvalue weighted by Gasteiger charge is -2.05. The molecule has 2 rings (SSSR count). The predicted octanol–water partition coefficient (Wildman–Crippen LogP) is 1.17. The Morgan fingerprint density at radius 2 is 2.27 bits per heavy atom. The molecule has 0 radical (unpaired) electrons. The van der Waals surface area contributed by atoms with Gasteiger partial charge in [0.1, 0.15) is 11.5 Å². The zero-order valence-corrected chi connectivity index (χ0v) is 8.31. The highest BCUT2D eigenvalue weighted by Gasteiger charge is 2.09. The van der Waals surface area contributed by atoms with Gasteiger partial charge in [-0.25, -0.2) is 9.07 Å². The van der Waals surface area contributed by atoms with Crippen LogP contribution in [0.25, 0.3) is 5.69 Å². The van der Waals surface area contributed by atoms with Crippen molar-refractivity contribution >= 4 is 0 Å². The van der Waals surface area contributed by atoms with Gasteiger partial charge in [0.25, 0.3) is 0 Å². The maximum absolute atomic E-state index is 13.5. The standard InChI is InChI=1S/C10H11FN4/c1-7-3-2-4-9(11)10(7)15-6-8(5-12)13-14-15/h2-4,6H,5,12H2,1H3. The fraction of sp³-hybridized carbons (Fsp3) is 0.200. The first-order valence-electron chi connectivity index (χ1n) is 4.59. The number of hydrogen-bond acceptors (Lipinski definition) is 3. The van der Waals surface area contributed by atoms with E-state index >= 15 is 0 Å². The Bertz CT molecular complexity index is 458. The van der Waals surface area contributed by atoms with E-state index in [1.54, 1.807) is 12.3 Å². The second-order valence-corrected chi connectivity index (χ2v) is 3.26. The molecule has 0 aliphatic carbocycles. The molecule has 0 aliphatic rings. The van der Waals surface area contributed by atoms with Gasteiger partial charge in [-0.1, -0.05) is 17.3 Å². The molecule has 0 unspecified atom stereocenters. The minimum atomic E-state index is -0.316. The molecule has 4 nitrogen and oxygen atoms in total. The Labute approximate surface area is 86.5 Å². The van der Waals surface area contributed by atoms with Gasteiger partial charge in [-0.15, -0.1) is 5.10 Å². The van der Waals surface area contributed by atoms with Crippen LogP contribution < -0.4 is 5.73 Å². The molecule has 1 aromatic heterocycles. The van der Waals surface area contributed by atoms with Crippen molar-refractivity contribution in [3.05, 3.63) is 41.5 Å². The molecular weight excluding hydrogens is 195 g/mol. The van der Waals surface area contributed by atoms with E-state index in [4.69, 9.17) is 5.73 Å². The normalized spacial score (nSPS) is 10.6. The SMILES string of the molecule is Cc1cccc(F)c1-n1cc(CN)nn1. The van der Waals surface area contributed by atoms with Crippen LogP contribution in [0.15, 0.2) is 24.4 Å². The van der Waals surface area contributed by atoms with Crippen molar-refractivity contribution in [1.29, 1.82) is 0 Å². The summed E-state index contributed by atoms with van der Waals surface area (Å²) in [6.07, 6.45) is 1.63. The van der Waals surface area contributed by atoms with Gasteiger partial charge in [-0.3, -0.25) is 0 Å². The van der Waals surface area contributed by atoms with Crippen LogP contribution in [0, 0.1) is 12.7 Å². The Morgan fingerprint density at radius 3 is 2.87 bits per heavy atom. The molecule has 5 heteroatoms. The van der Waals surface area contributed by atoms with Gasteiger partial charge in [0.15, 0.2) is 0 Å². The van der Waals surface area contributed by atoms with Crippen molar-refractivity contribution < 1.29 is 4.39 Å². The first-order valence-corrected chi connectivity index (χ1v) is 4.59. The molecule has 1 aromatic carbocycles. The average Bonchev–Trinajstić information content (AvgIpc) is 2.66. The van der Waals surface area contributed by atoms with Crippen LogP contribution >= 0.6 is 0 Å². The maximum Gasteiger partial charge on any atom is 0.149 e. The van der Waals surface area contributed by atoms with Crippen LogP contribution in [0.1, 0.15) is 11.3 Å². The number of benzene rings is 1. The average molecular weight is 206 g/mol. The number of rotatable bonds is 2. The van der Waals surface area contributed by atoms with Crippen LogP contribution in [0.3, 0.4) is 0 Å². The van der Waals surface area contributed by atoms with E-state index in [-0.39, 0.29) is 5.82 Å². The van der Waals surface area contributed by atoms with Crippen LogP contribution in [0.2, 0.25) is 0 Å². The smallest absolute Gasteiger partial charge is 0.149 e. The van der Waals surface area contributed by atoms with Gasteiger partial charge in [-0.2, -0.15) is 0 Å². The lowest BCUT2D eigenvalue weighted by molar-refractivity contribution is 0.605. The molecule has 0 atom stereocenters. The van der Waals surface area contributed by atoms with Gasteiger partial charge in [0, 0.05) is 6.54 Å². The fourth-order valence-electron chi connectivity index (χ4n) is 1.41. The van der Waals surface area contributed by atoms with Crippen molar-refractivity contribution in [2.24, 2.45) is 5.73 Å². The molecule has 0 spiro atoms. The predicted molar refractivity (Wildman–Crippen MR) is 53.9 cm³/mol. The van der Waals surface area contributed by atoms with E-state index in [1.807, 2.05) is 13.0 Å². The number of aryl methyl sites for hydroxylation is 1. The molecule has 1 heterocycles. The van der Waals surface area contributed by atoms with Crippen molar-refractivity contribution in [2.75, 3.05) is 0 Å². The largest absolute Gasteiger partial charge is 0.325 e. The molecule has 15 heavy (non-hydrogen) atoms. The second kappa shape index (κ2) is 3.78. The maximum atomic E-state index is 13.5. The van der Waals surface area contributed by atoms with E-state index in [1.165, 1.54) is 10.7 Å². The molecule has 78 valence electrons. The number of para-hydroxylation sites is 1. The summed E-state index contributed by atoms with van der Waals surface area (Å²) in [7, 11) is 0. The molecule has 0 amide bonds. The van der Waals surface area contributed by atoms with E-state index in [0.717, 1.165) is 5.56 Å². The number of hydrogen-bond donors (Lipinski definition) is 1. The van der Waals surface area contributed by atoms with Crippen molar-refractivity contribution in [3.63, 3.8) is 0 Å².